The maximum atomic E-state index is 4.83. The van der Waals surface area contributed by atoms with E-state index in [0.29, 0.717) is 0 Å². The van der Waals surface area contributed by atoms with Crippen molar-refractivity contribution in [1.82, 2.24) is 10.3 Å². The highest BCUT2D eigenvalue weighted by Crippen LogP contribution is 2.28. The lowest BCUT2D eigenvalue weighted by atomic mass is 10.2. The van der Waals surface area contributed by atoms with Gasteiger partial charge in [0.15, 0.2) is 5.13 Å². The molecule has 0 radical (unpaired) electrons. The van der Waals surface area contributed by atoms with E-state index in [-0.39, 0.29) is 0 Å². The second kappa shape index (κ2) is 7.92. The van der Waals surface area contributed by atoms with Crippen molar-refractivity contribution >= 4 is 32.4 Å². The Labute approximate surface area is 139 Å². The van der Waals surface area contributed by atoms with E-state index < -0.39 is 0 Å². The maximum Gasteiger partial charge on any atom is 0.185 e. The largest absolute Gasteiger partial charge is 0.347 e. The van der Waals surface area contributed by atoms with Gasteiger partial charge >= 0.3 is 0 Å². The van der Waals surface area contributed by atoms with Crippen LogP contribution in [0.4, 0.5) is 5.13 Å². The molecule has 0 saturated heterocycles. The van der Waals surface area contributed by atoms with Crippen molar-refractivity contribution in [2.45, 2.75) is 32.9 Å². The minimum absolute atomic E-state index is 0.873. The molecule has 0 aliphatic rings. The molecule has 1 aromatic carbocycles. The fraction of sp³-hybridized carbons (Fsp3) is 0.438. The molecule has 2 rings (SSSR count). The second-order valence-electron chi connectivity index (χ2n) is 5.13. The SMILES string of the molecule is CCCc1nc(N(C)Cc2cccc(Br)c2)sc1CNC. The first-order valence-corrected chi connectivity index (χ1v) is 8.83. The van der Waals surface area contributed by atoms with Crippen LogP contribution >= 0.6 is 27.3 Å². The van der Waals surface area contributed by atoms with Gasteiger partial charge in [-0.1, -0.05) is 41.4 Å². The van der Waals surface area contributed by atoms with E-state index in [1.165, 1.54) is 16.1 Å². The van der Waals surface area contributed by atoms with Crippen LogP contribution in [0.2, 0.25) is 0 Å². The Bertz CT molecular complexity index is 559. The smallest absolute Gasteiger partial charge is 0.185 e. The highest BCUT2D eigenvalue weighted by Gasteiger charge is 2.13. The zero-order valence-corrected chi connectivity index (χ0v) is 15.2. The molecule has 2 aromatic rings. The van der Waals surface area contributed by atoms with E-state index >= 15 is 0 Å². The Kier molecular flexibility index (Phi) is 6.21. The van der Waals surface area contributed by atoms with Crippen molar-refractivity contribution in [3.05, 3.63) is 44.9 Å². The van der Waals surface area contributed by atoms with E-state index in [1.54, 1.807) is 11.3 Å². The molecule has 1 heterocycles. The number of anilines is 1. The fourth-order valence-electron chi connectivity index (χ4n) is 2.24. The number of benzene rings is 1. The Hall–Kier alpha value is -0.910. The van der Waals surface area contributed by atoms with Gasteiger partial charge in [-0.2, -0.15) is 0 Å². The Morgan fingerprint density at radius 2 is 2.19 bits per heavy atom. The standard InChI is InChI=1S/C16H22BrN3S/c1-4-6-14-15(10-18-2)21-16(19-14)20(3)11-12-7-5-8-13(17)9-12/h5,7-9,18H,4,6,10-11H2,1-3H3. The summed E-state index contributed by atoms with van der Waals surface area (Å²) in [5.41, 5.74) is 2.53. The molecule has 0 unspecified atom stereocenters. The molecule has 5 heteroatoms. The summed E-state index contributed by atoms with van der Waals surface area (Å²) in [6.07, 6.45) is 2.19. The molecule has 0 spiro atoms. The van der Waals surface area contributed by atoms with Crippen LogP contribution in [-0.4, -0.2) is 19.1 Å². The number of hydrogen-bond donors (Lipinski definition) is 1. The molecule has 1 N–H and O–H groups in total. The van der Waals surface area contributed by atoms with Gasteiger partial charge in [0.1, 0.15) is 0 Å². The molecule has 0 amide bonds. The topological polar surface area (TPSA) is 28.2 Å². The first-order valence-electron chi connectivity index (χ1n) is 7.22. The second-order valence-corrected chi connectivity index (χ2v) is 7.11. The average molecular weight is 368 g/mol. The highest BCUT2D eigenvalue weighted by atomic mass is 79.9. The predicted octanol–water partition coefficient (Wildman–Crippen LogP) is 4.21. The number of aryl methyl sites for hydroxylation is 1. The van der Waals surface area contributed by atoms with E-state index in [1.807, 2.05) is 7.05 Å². The van der Waals surface area contributed by atoms with E-state index in [2.05, 4.69) is 64.4 Å². The fourth-order valence-corrected chi connectivity index (χ4v) is 3.77. The molecular weight excluding hydrogens is 346 g/mol. The van der Waals surface area contributed by atoms with Crippen LogP contribution in [0.1, 0.15) is 29.5 Å². The number of hydrogen-bond acceptors (Lipinski definition) is 4. The van der Waals surface area contributed by atoms with E-state index in [4.69, 9.17) is 4.98 Å². The number of halogens is 1. The first kappa shape index (κ1) is 16.5. The normalized spacial score (nSPS) is 10.9. The zero-order chi connectivity index (χ0) is 15.2. The third-order valence-corrected chi connectivity index (χ3v) is 4.93. The van der Waals surface area contributed by atoms with Crippen LogP contribution in [-0.2, 0) is 19.5 Å². The number of thiazole rings is 1. The maximum absolute atomic E-state index is 4.83. The molecule has 0 bridgehead atoms. The van der Waals surface area contributed by atoms with Crippen molar-refractivity contribution in [2.75, 3.05) is 19.0 Å². The molecule has 0 saturated carbocycles. The molecule has 0 atom stereocenters. The molecule has 1 aromatic heterocycles. The Morgan fingerprint density at radius 1 is 1.38 bits per heavy atom. The molecule has 0 aliphatic heterocycles. The van der Waals surface area contributed by atoms with E-state index in [0.717, 1.165) is 35.5 Å². The van der Waals surface area contributed by atoms with Gasteiger partial charge < -0.3 is 10.2 Å². The van der Waals surface area contributed by atoms with E-state index in [9.17, 15) is 0 Å². The molecule has 0 aliphatic carbocycles. The summed E-state index contributed by atoms with van der Waals surface area (Å²) >= 11 is 5.32. The van der Waals surface area contributed by atoms with Crippen LogP contribution in [0.25, 0.3) is 0 Å². The van der Waals surface area contributed by atoms with Gasteiger partial charge in [0, 0.05) is 29.5 Å². The number of nitrogens with zero attached hydrogens (tertiary/aromatic N) is 2. The lowest BCUT2D eigenvalue weighted by Gasteiger charge is -2.15. The molecule has 0 fully saturated rings. The Balaban J connectivity index is 2.14. The number of nitrogens with one attached hydrogen (secondary N) is 1. The van der Waals surface area contributed by atoms with Gasteiger partial charge in [-0.25, -0.2) is 4.98 Å². The van der Waals surface area contributed by atoms with Crippen LogP contribution in [0.5, 0.6) is 0 Å². The van der Waals surface area contributed by atoms with Gasteiger partial charge in [0.05, 0.1) is 5.69 Å². The third-order valence-electron chi connectivity index (χ3n) is 3.23. The summed E-state index contributed by atoms with van der Waals surface area (Å²) in [4.78, 5) is 8.41. The number of aromatic nitrogens is 1. The zero-order valence-electron chi connectivity index (χ0n) is 12.8. The van der Waals surface area contributed by atoms with Crippen molar-refractivity contribution in [1.29, 1.82) is 0 Å². The van der Waals surface area contributed by atoms with Crippen molar-refractivity contribution < 1.29 is 0 Å². The molecular formula is C16H22BrN3S. The summed E-state index contributed by atoms with van der Waals surface area (Å²) in [5.74, 6) is 0. The van der Waals surface area contributed by atoms with Crippen molar-refractivity contribution in [3.63, 3.8) is 0 Å². The molecule has 3 nitrogen and oxygen atoms in total. The van der Waals surface area contributed by atoms with Gasteiger partial charge in [-0.05, 0) is 31.2 Å². The number of rotatable bonds is 7. The van der Waals surface area contributed by atoms with Gasteiger partial charge in [-0.15, -0.1) is 11.3 Å². The Morgan fingerprint density at radius 3 is 2.86 bits per heavy atom. The van der Waals surface area contributed by atoms with Crippen LogP contribution in [0, 0.1) is 0 Å². The molecule has 114 valence electrons. The van der Waals surface area contributed by atoms with Crippen molar-refractivity contribution in [2.24, 2.45) is 0 Å². The van der Waals surface area contributed by atoms with Crippen LogP contribution in [0.3, 0.4) is 0 Å². The minimum atomic E-state index is 0.873. The quantitative estimate of drug-likeness (QED) is 0.793. The summed E-state index contributed by atoms with van der Waals surface area (Å²) in [6.45, 7) is 3.97. The third kappa shape index (κ3) is 4.53. The summed E-state index contributed by atoms with van der Waals surface area (Å²) in [6, 6.07) is 8.43. The lowest BCUT2D eigenvalue weighted by molar-refractivity contribution is 0.796. The summed E-state index contributed by atoms with van der Waals surface area (Å²) in [5, 5.41) is 4.34. The minimum Gasteiger partial charge on any atom is -0.347 e. The summed E-state index contributed by atoms with van der Waals surface area (Å²) < 4.78 is 1.12. The van der Waals surface area contributed by atoms with Gasteiger partial charge in [-0.3, -0.25) is 0 Å². The average Bonchev–Trinajstić information content (AvgIpc) is 2.83. The monoisotopic (exact) mass is 367 g/mol. The van der Waals surface area contributed by atoms with Crippen LogP contribution in [0.15, 0.2) is 28.7 Å². The predicted molar refractivity (Wildman–Crippen MR) is 95.1 cm³/mol. The lowest BCUT2D eigenvalue weighted by Crippen LogP contribution is -2.16. The first-order chi connectivity index (χ1) is 10.1. The molecule has 21 heavy (non-hydrogen) atoms. The van der Waals surface area contributed by atoms with Crippen LogP contribution < -0.4 is 10.2 Å². The van der Waals surface area contributed by atoms with Crippen molar-refractivity contribution in [3.8, 4) is 0 Å². The van der Waals surface area contributed by atoms with Gasteiger partial charge in [0.25, 0.3) is 0 Å². The highest BCUT2D eigenvalue weighted by molar-refractivity contribution is 9.10. The summed E-state index contributed by atoms with van der Waals surface area (Å²) in [7, 11) is 4.10. The van der Waals surface area contributed by atoms with Gasteiger partial charge in [0.2, 0.25) is 0 Å².